The molecule has 0 spiro atoms. The van der Waals surface area contributed by atoms with E-state index >= 15 is 0 Å². The first-order valence-corrected chi connectivity index (χ1v) is 8.86. The van der Waals surface area contributed by atoms with Crippen molar-refractivity contribution in [2.75, 3.05) is 41.7 Å². The van der Waals surface area contributed by atoms with Gasteiger partial charge in [-0.05, 0) is 31.9 Å². The number of amides is 2. The molecule has 3 N–H and O–H groups in total. The third-order valence-corrected chi connectivity index (χ3v) is 4.14. The minimum atomic E-state index is -0.828. The third-order valence-electron chi connectivity index (χ3n) is 4.14. The first kappa shape index (κ1) is 18.8. The van der Waals surface area contributed by atoms with E-state index in [1.165, 1.54) is 18.9 Å². The van der Waals surface area contributed by atoms with Gasteiger partial charge in [0.2, 0.25) is 5.95 Å². The Hall–Kier alpha value is -2.97. The zero-order valence-electron chi connectivity index (χ0n) is 15.1. The summed E-state index contributed by atoms with van der Waals surface area (Å²) in [5, 5.41) is 7.99. The highest BCUT2D eigenvalue weighted by Crippen LogP contribution is 2.19. The molecule has 0 unspecified atom stereocenters. The number of halogens is 2. The zero-order valence-corrected chi connectivity index (χ0v) is 15.1. The van der Waals surface area contributed by atoms with Crippen LogP contribution in [0.15, 0.2) is 24.3 Å². The van der Waals surface area contributed by atoms with Crippen molar-refractivity contribution in [1.29, 1.82) is 0 Å². The second kappa shape index (κ2) is 8.61. The standard InChI is InChI=1S/C18H22F2N6O/c1-12-10-16(26-8-2-3-9-26)25-17(23-12)21-6-7-22-18(27)24-15-5-4-13(19)11-14(15)20/h4-5,10-11H,2-3,6-9H2,1H3,(H,21,23,25)(H2,22,24,27). The normalized spacial score (nSPS) is 13.5. The van der Waals surface area contributed by atoms with Gasteiger partial charge in [0.05, 0.1) is 5.69 Å². The molecule has 3 rings (SSSR count). The summed E-state index contributed by atoms with van der Waals surface area (Å²) in [6.07, 6.45) is 2.33. The number of aromatic nitrogens is 2. The molecule has 0 atom stereocenters. The van der Waals surface area contributed by atoms with E-state index in [2.05, 4.69) is 30.8 Å². The Kier molecular flexibility index (Phi) is 6.00. The van der Waals surface area contributed by atoms with Crippen LogP contribution >= 0.6 is 0 Å². The minimum Gasteiger partial charge on any atom is -0.356 e. The monoisotopic (exact) mass is 376 g/mol. The quantitative estimate of drug-likeness (QED) is 0.676. The maximum absolute atomic E-state index is 13.5. The number of nitrogens with one attached hydrogen (secondary N) is 3. The summed E-state index contributed by atoms with van der Waals surface area (Å²) < 4.78 is 26.4. The van der Waals surface area contributed by atoms with E-state index in [1.807, 2.05) is 13.0 Å². The molecular formula is C18H22F2N6O. The number of hydrogen-bond donors (Lipinski definition) is 3. The van der Waals surface area contributed by atoms with Crippen LogP contribution in [0.2, 0.25) is 0 Å². The average molecular weight is 376 g/mol. The number of aryl methyl sites for hydroxylation is 1. The van der Waals surface area contributed by atoms with Crippen molar-refractivity contribution < 1.29 is 13.6 Å². The molecule has 0 saturated carbocycles. The van der Waals surface area contributed by atoms with Gasteiger partial charge < -0.3 is 20.9 Å². The van der Waals surface area contributed by atoms with Crippen LogP contribution in [0.4, 0.5) is 31.0 Å². The summed E-state index contributed by atoms with van der Waals surface area (Å²) in [6.45, 7) is 4.59. The van der Waals surface area contributed by atoms with E-state index in [0.717, 1.165) is 30.7 Å². The second-order valence-corrected chi connectivity index (χ2v) is 6.32. The van der Waals surface area contributed by atoms with Crippen molar-refractivity contribution in [2.24, 2.45) is 0 Å². The smallest absolute Gasteiger partial charge is 0.319 e. The summed E-state index contributed by atoms with van der Waals surface area (Å²) in [4.78, 5) is 22.9. The molecule has 1 fully saturated rings. The number of nitrogens with zero attached hydrogens (tertiary/aromatic N) is 3. The largest absolute Gasteiger partial charge is 0.356 e. The number of carbonyl (C=O) groups excluding carboxylic acids is 1. The van der Waals surface area contributed by atoms with Crippen LogP contribution < -0.4 is 20.9 Å². The molecule has 2 heterocycles. The van der Waals surface area contributed by atoms with Crippen LogP contribution in [0.25, 0.3) is 0 Å². The molecule has 9 heteroatoms. The molecule has 7 nitrogen and oxygen atoms in total. The van der Waals surface area contributed by atoms with Crippen LogP contribution in [0, 0.1) is 18.6 Å². The fraction of sp³-hybridized carbons (Fsp3) is 0.389. The summed E-state index contributed by atoms with van der Waals surface area (Å²) in [6, 6.07) is 4.34. The predicted octanol–water partition coefficient (Wildman–Crippen LogP) is 2.90. The van der Waals surface area contributed by atoms with Crippen LogP contribution in [-0.4, -0.2) is 42.2 Å². The number of rotatable bonds is 6. The average Bonchev–Trinajstić information content (AvgIpc) is 3.15. The Labute approximate surface area is 156 Å². The van der Waals surface area contributed by atoms with Gasteiger partial charge in [-0.3, -0.25) is 0 Å². The van der Waals surface area contributed by atoms with Gasteiger partial charge in [-0.2, -0.15) is 4.98 Å². The Morgan fingerprint density at radius 1 is 1.15 bits per heavy atom. The molecule has 2 amide bonds. The van der Waals surface area contributed by atoms with E-state index in [-0.39, 0.29) is 12.2 Å². The van der Waals surface area contributed by atoms with Crippen molar-refractivity contribution in [3.8, 4) is 0 Å². The van der Waals surface area contributed by atoms with Crippen LogP contribution in [-0.2, 0) is 0 Å². The Morgan fingerprint density at radius 3 is 2.67 bits per heavy atom. The molecule has 0 radical (unpaired) electrons. The van der Waals surface area contributed by atoms with E-state index in [0.29, 0.717) is 18.6 Å². The highest BCUT2D eigenvalue weighted by atomic mass is 19.1. The fourth-order valence-electron chi connectivity index (χ4n) is 2.85. The number of benzene rings is 1. The zero-order chi connectivity index (χ0) is 19.2. The molecule has 0 bridgehead atoms. The highest BCUT2D eigenvalue weighted by Gasteiger charge is 2.15. The van der Waals surface area contributed by atoms with Crippen LogP contribution in [0.5, 0.6) is 0 Å². The Morgan fingerprint density at radius 2 is 1.93 bits per heavy atom. The first-order chi connectivity index (χ1) is 13.0. The predicted molar refractivity (Wildman–Crippen MR) is 100 cm³/mol. The maximum Gasteiger partial charge on any atom is 0.319 e. The molecular weight excluding hydrogens is 354 g/mol. The van der Waals surface area contributed by atoms with Gasteiger partial charge in [0.15, 0.2) is 0 Å². The SMILES string of the molecule is Cc1cc(N2CCCC2)nc(NCCNC(=O)Nc2ccc(F)cc2F)n1. The number of hydrogen-bond acceptors (Lipinski definition) is 5. The maximum atomic E-state index is 13.5. The molecule has 0 aliphatic carbocycles. The molecule has 27 heavy (non-hydrogen) atoms. The van der Waals surface area contributed by atoms with Crippen LogP contribution in [0.1, 0.15) is 18.5 Å². The first-order valence-electron chi connectivity index (χ1n) is 8.86. The second-order valence-electron chi connectivity index (χ2n) is 6.32. The van der Waals surface area contributed by atoms with E-state index in [9.17, 15) is 13.6 Å². The van der Waals surface area contributed by atoms with E-state index < -0.39 is 17.7 Å². The lowest BCUT2D eigenvalue weighted by Gasteiger charge is -2.17. The lowest BCUT2D eigenvalue weighted by molar-refractivity contribution is 0.252. The van der Waals surface area contributed by atoms with Gasteiger partial charge in [0, 0.05) is 44.0 Å². The van der Waals surface area contributed by atoms with Gasteiger partial charge >= 0.3 is 6.03 Å². The molecule has 1 saturated heterocycles. The van der Waals surface area contributed by atoms with Crippen molar-refractivity contribution >= 4 is 23.5 Å². The molecule has 1 aliphatic rings. The lowest BCUT2D eigenvalue weighted by Crippen LogP contribution is -2.33. The summed E-state index contributed by atoms with van der Waals surface area (Å²) >= 11 is 0. The Balaban J connectivity index is 1.46. The molecule has 1 aromatic carbocycles. The van der Waals surface area contributed by atoms with Crippen molar-refractivity contribution in [3.05, 3.63) is 41.6 Å². The molecule has 1 aliphatic heterocycles. The molecule has 2 aromatic rings. The Bertz CT molecular complexity index is 810. The third kappa shape index (κ3) is 5.25. The summed E-state index contributed by atoms with van der Waals surface area (Å²) in [5.74, 6) is -0.122. The highest BCUT2D eigenvalue weighted by molar-refractivity contribution is 5.89. The molecule has 144 valence electrons. The number of carbonyl (C=O) groups is 1. The lowest BCUT2D eigenvalue weighted by atomic mass is 10.3. The number of urea groups is 1. The van der Waals surface area contributed by atoms with E-state index in [4.69, 9.17) is 0 Å². The van der Waals surface area contributed by atoms with Gasteiger partial charge in [0.25, 0.3) is 0 Å². The minimum absolute atomic E-state index is 0.0841. The van der Waals surface area contributed by atoms with Gasteiger partial charge in [-0.15, -0.1) is 0 Å². The van der Waals surface area contributed by atoms with Gasteiger partial charge in [-0.25, -0.2) is 18.6 Å². The van der Waals surface area contributed by atoms with Crippen molar-refractivity contribution in [3.63, 3.8) is 0 Å². The summed E-state index contributed by atoms with van der Waals surface area (Å²) in [7, 11) is 0. The topological polar surface area (TPSA) is 82.2 Å². The van der Waals surface area contributed by atoms with Crippen LogP contribution in [0.3, 0.4) is 0 Å². The number of anilines is 3. The van der Waals surface area contributed by atoms with Crippen molar-refractivity contribution in [1.82, 2.24) is 15.3 Å². The summed E-state index contributed by atoms with van der Waals surface area (Å²) in [5.41, 5.74) is 0.783. The van der Waals surface area contributed by atoms with Gasteiger partial charge in [-0.1, -0.05) is 0 Å². The van der Waals surface area contributed by atoms with Crippen molar-refractivity contribution in [2.45, 2.75) is 19.8 Å². The molecule has 1 aromatic heterocycles. The van der Waals surface area contributed by atoms with Gasteiger partial charge in [0.1, 0.15) is 17.5 Å². The van der Waals surface area contributed by atoms with E-state index in [1.54, 1.807) is 0 Å². The fourth-order valence-corrected chi connectivity index (χ4v) is 2.85.